The molecule has 2 atom stereocenters. The lowest BCUT2D eigenvalue weighted by Crippen LogP contribution is -2.36. The molecule has 0 bridgehead atoms. The molecule has 0 spiro atoms. The first kappa shape index (κ1) is 15.4. The van der Waals surface area contributed by atoms with Crippen molar-refractivity contribution in [1.82, 2.24) is 5.32 Å². The second-order valence-corrected chi connectivity index (χ2v) is 4.82. The number of carboxylic acids is 1. The van der Waals surface area contributed by atoms with Crippen molar-refractivity contribution in [3.8, 4) is 0 Å². The number of carbonyl (C=O) groups is 2. The summed E-state index contributed by atoms with van der Waals surface area (Å²) < 4.78 is 30.8. The van der Waals surface area contributed by atoms with E-state index in [9.17, 15) is 18.4 Å². The molecule has 1 aromatic carbocycles. The first-order chi connectivity index (χ1) is 9.97. The summed E-state index contributed by atoms with van der Waals surface area (Å²) in [6, 6.07) is 3.55. The molecule has 0 saturated carbocycles. The minimum Gasteiger partial charge on any atom is -0.479 e. The minimum absolute atomic E-state index is 0.238. The van der Waals surface area contributed by atoms with E-state index in [0.29, 0.717) is 24.8 Å². The van der Waals surface area contributed by atoms with Crippen LogP contribution in [0.2, 0.25) is 0 Å². The lowest BCUT2D eigenvalue weighted by molar-refractivity contribution is -0.151. The number of carboxylic acid groups (broad SMARTS) is 1. The van der Waals surface area contributed by atoms with E-state index in [0.717, 1.165) is 12.1 Å². The first-order valence-corrected chi connectivity index (χ1v) is 6.57. The summed E-state index contributed by atoms with van der Waals surface area (Å²) in [6.07, 6.45) is -0.703. The summed E-state index contributed by atoms with van der Waals surface area (Å²) in [4.78, 5) is 22.5. The fraction of sp³-hybridized carbons (Fsp3) is 0.429. The highest BCUT2D eigenvalue weighted by molar-refractivity contribution is 5.82. The number of rotatable bonds is 5. The van der Waals surface area contributed by atoms with Crippen LogP contribution in [0.15, 0.2) is 18.2 Å². The molecule has 2 rings (SSSR count). The zero-order valence-corrected chi connectivity index (χ0v) is 11.1. The molecule has 1 aromatic rings. The maximum Gasteiger partial charge on any atom is 0.332 e. The molecular weight excluding hydrogens is 284 g/mol. The Morgan fingerprint density at radius 1 is 1.24 bits per heavy atom. The molecular formula is C14H15F2NO4. The highest BCUT2D eigenvalue weighted by Gasteiger charge is 2.34. The van der Waals surface area contributed by atoms with E-state index < -0.39 is 29.8 Å². The van der Waals surface area contributed by atoms with E-state index >= 15 is 0 Å². The van der Waals surface area contributed by atoms with Gasteiger partial charge in [0.15, 0.2) is 17.7 Å². The standard InChI is InChI=1S/C14H15F2NO4/c15-9-2-1-8(7-10(9)16)5-6-17-13(18)11-3-4-12(21-11)14(19)20/h1-2,7,11-12H,3-6H2,(H,17,18)(H,19,20)/t11-,12+/m0/s1. The molecule has 2 N–H and O–H groups in total. The van der Waals surface area contributed by atoms with Gasteiger partial charge in [0.1, 0.15) is 6.10 Å². The van der Waals surface area contributed by atoms with Crippen LogP contribution in [-0.4, -0.2) is 35.7 Å². The Bertz CT molecular complexity index is 550. The van der Waals surface area contributed by atoms with E-state index in [1.54, 1.807) is 0 Å². The number of halogens is 2. The maximum absolute atomic E-state index is 13.0. The number of hydrogen-bond donors (Lipinski definition) is 2. The van der Waals surface area contributed by atoms with E-state index in [-0.39, 0.29) is 12.5 Å². The predicted octanol–water partition coefficient (Wildman–Crippen LogP) is 1.26. The van der Waals surface area contributed by atoms with Crippen molar-refractivity contribution in [3.05, 3.63) is 35.4 Å². The molecule has 1 aliphatic heterocycles. The quantitative estimate of drug-likeness (QED) is 0.858. The van der Waals surface area contributed by atoms with Gasteiger partial charge in [-0.15, -0.1) is 0 Å². The fourth-order valence-corrected chi connectivity index (χ4v) is 2.15. The molecule has 0 aliphatic carbocycles. The summed E-state index contributed by atoms with van der Waals surface area (Å²) >= 11 is 0. The first-order valence-electron chi connectivity index (χ1n) is 6.57. The summed E-state index contributed by atoms with van der Waals surface area (Å²) in [5, 5.41) is 11.4. The van der Waals surface area contributed by atoms with E-state index in [1.165, 1.54) is 6.07 Å². The van der Waals surface area contributed by atoms with Gasteiger partial charge in [0.25, 0.3) is 0 Å². The Hall–Kier alpha value is -2.02. The van der Waals surface area contributed by atoms with E-state index in [2.05, 4.69) is 5.32 Å². The van der Waals surface area contributed by atoms with E-state index in [1.807, 2.05) is 0 Å². The fourth-order valence-electron chi connectivity index (χ4n) is 2.15. The van der Waals surface area contributed by atoms with Gasteiger partial charge in [-0.1, -0.05) is 6.07 Å². The number of aliphatic carboxylic acids is 1. The van der Waals surface area contributed by atoms with E-state index in [4.69, 9.17) is 9.84 Å². The highest BCUT2D eigenvalue weighted by atomic mass is 19.2. The Kier molecular flexibility index (Phi) is 4.85. The van der Waals surface area contributed by atoms with Gasteiger partial charge in [0.05, 0.1) is 0 Å². The lowest BCUT2D eigenvalue weighted by Gasteiger charge is -2.11. The Morgan fingerprint density at radius 3 is 2.57 bits per heavy atom. The average molecular weight is 299 g/mol. The number of nitrogens with one attached hydrogen (secondary N) is 1. The summed E-state index contributed by atoms with van der Waals surface area (Å²) in [5.41, 5.74) is 0.560. The van der Waals surface area contributed by atoms with Gasteiger partial charge in [0, 0.05) is 6.54 Å². The van der Waals surface area contributed by atoms with Crippen molar-refractivity contribution < 1.29 is 28.2 Å². The van der Waals surface area contributed by atoms with Gasteiger partial charge in [0.2, 0.25) is 5.91 Å². The van der Waals surface area contributed by atoms with Gasteiger partial charge in [-0.2, -0.15) is 0 Å². The van der Waals surface area contributed by atoms with Crippen LogP contribution in [0.4, 0.5) is 8.78 Å². The Labute approximate surface area is 119 Å². The molecule has 5 nitrogen and oxygen atoms in total. The number of amides is 1. The third-order valence-electron chi connectivity index (χ3n) is 3.28. The van der Waals surface area contributed by atoms with Crippen molar-refractivity contribution in [2.24, 2.45) is 0 Å². The smallest absolute Gasteiger partial charge is 0.332 e. The Morgan fingerprint density at radius 2 is 1.95 bits per heavy atom. The summed E-state index contributed by atoms with van der Waals surface area (Å²) in [6.45, 7) is 0.238. The molecule has 1 saturated heterocycles. The van der Waals surface area contributed by atoms with Gasteiger partial charge >= 0.3 is 5.97 Å². The molecule has 0 unspecified atom stereocenters. The van der Waals surface area contributed by atoms with Crippen LogP contribution in [-0.2, 0) is 20.7 Å². The van der Waals surface area contributed by atoms with Gasteiger partial charge in [-0.25, -0.2) is 13.6 Å². The van der Waals surface area contributed by atoms with Crippen LogP contribution in [0.1, 0.15) is 18.4 Å². The molecule has 114 valence electrons. The molecule has 7 heteroatoms. The third-order valence-corrected chi connectivity index (χ3v) is 3.28. The van der Waals surface area contributed by atoms with Crippen LogP contribution in [0.5, 0.6) is 0 Å². The van der Waals surface area contributed by atoms with Crippen molar-refractivity contribution >= 4 is 11.9 Å². The average Bonchev–Trinajstić information content (AvgIpc) is 2.92. The van der Waals surface area contributed by atoms with Crippen molar-refractivity contribution in [2.75, 3.05) is 6.54 Å². The molecule has 0 radical (unpaired) electrons. The normalized spacial score (nSPS) is 21.2. The highest BCUT2D eigenvalue weighted by Crippen LogP contribution is 2.19. The largest absolute Gasteiger partial charge is 0.479 e. The van der Waals surface area contributed by atoms with Gasteiger partial charge < -0.3 is 15.2 Å². The van der Waals surface area contributed by atoms with Crippen molar-refractivity contribution in [2.45, 2.75) is 31.5 Å². The molecule has 21 heavy (non-hydrogen) atoms. The topological polar surface area (TPSA) is 75.6 Å². The molecule has 1 fully saturated rings. The van der Waals surface area contributed by atoms with Crippen LogP contribution in [0, 0.1) is 11.6 Å². The number of hydrogen-bond acceptors (Lipinski definition) is 3. The van der Waals surface area contributed by atoms with Crippen LogP contribution < -0.4 is 5.32 Å². The number of carbonyl (C=O) groups excluding carboxylic acids is 1. The minimum atomic E-state index is -1.08. The third kappa shape index (κ3) is 3.98. The summed E-state index contributed by atoms with van der Waals surface area (Å²) in [7, 11) is 0. The predicted molar refractivity (Wildman–Crippen MR) is 68.6 cm³/mol. The van der Waals surface area contributed by atoms with Gasteiger partial charge in [-0.05, 0) is 37.0 Å². The zero-order chi connectivity index (χ0) is 15.4. The second-order valence-electron chi connectivity index (χ2n) is 4.82. The van der Waals surface area contributed by atoms with Crippen LogP contribution in [0.3, 0.4) is 0 Å². The van der Waals surface area contributed by atoms with Gasteiger partial charge in [-0.3, -0.25) is 4.79 Å². The van der Waals surface area contributed by atoms with Crippen molar-refractivity contribution in [1.29, 1.82) is 0 Å². The SMILES string of the molecule is O=C(NCCc1ccc(F)c(F)c1)[C@@H]1CC[C@H](C(=O)O)O1. The molecule has 0 aromatic heterocycles. The zero-order valence-electron chi connectivity index (χ0n) is 11.1. The summed E-state index contributed by atoms with van der Waals surface area (Å²) in [5.74, 6) is -3.31. The number of ether oxygens (including phenoxy) is 1. The molecule has 1 amide bonds. The monoisotopic (exact) mass is 299 g/mol. The second kappa shape index (κ2) is 6.62. The Balaban J connectivity index is 1.77. The van der Waals surface area contributed by atoms with Crippen molar-refractivity contribution in [3.63, 3.8) is 0 Å². The van der Waals surface area contributed by atoms with Crippen LogP contribution in [0.25, 0.3) is 0 Å². The van der Waals surface area contributed by atoms with Crippen LogP contribution >= 0.6 is 0 Å². The molecule has 1 aliphatic rings. The maximum atomic E-state index is 13.0. The lowest BCUT2D eigenvalue weighted by atomic mass is 10.1. The number of benzene rings is 1. The molecule has 1 heterocycles.